The lowest BCUT2D eigenvalue weighted by Gasteiger charge is -2.06. The molecule has 0 aliphatic rings. The SMILES string of the molecule is COc1ccc2[nH]cc(CNCCc3ccccc3Cl)c2c1. The number of fused-ring (bicyclic) bond motifs is 1. The van der Waals surface area contributed by atoms with Gasteiger partial charge < -0.3 is 15.0 Å². The zero-order valence-electron chi connectivity index (χ0n) is 12.5. The summed E-state index contributed by atoms with van der Waals surface area (Å²) in [5.74, 6) is 0.879. The molecule has 3 rings (SSSR count). The molecule has 0 atom stereocenters. The zero-order valence-corrected chi connectivity index (χ0v) is 13.3. The third kappa shape index (κ3) is 3.26. The molecule has 0 bridgehead atoms. The van der Waals surface area contributed by atoms with Gasteiger partial charge in [0.05, 0.1) is 7.11 Å². The molecule has 0 saturated carbocycles. The normalized spacial score (nSPS) is 11.0. The predicted molar refractivity (Wildman–Crippen MR) is 91.7 cm³/mol. The summed E-state index contributed by atoms with van der Waals surface area (Å²) in [5.41, 5.74) is 3.55. The molecule has 114 valence electrons. The third-order valence-corrected chi connectivity index (χ3v) is 4.19. The van der Waals surface area contributed by atoms with Gasteiger partial charge in [-0.1, -0.05) is 29.8 Å². The van der Waals surface area contributed by atoms with E-state index in [-0.39, 0.29) is 0 Å². The van der Waals surface area contributed by atoms with Gasteiger partial charge in [-0.3, -0.25) is 0 Å². The number of ether oxygens (including phenoxy) is 1. The largest absolute Gasteiger partial charge is 0.497 e. The van der Waals surface area contributed by atoms with Crippen LogP contribution < -0.4 is 10.1 Å². The van der Waals surface area contributed by atoms with Crippen LogP contribution in [0.15, 0.2) is 48.7 Å². The molecule has 22 heavy (non-hydrogen) atoms. The molecule has 2 N–H and O–H groups in total. The van der Waals surface area contributed by atoms with Crippen molar-refractivity contribution >= 4 is 22.5 Å². The van der Waals surface area contributed by atoms with E-state index in [0.29, 0.717) is 0 Å². The minimum Gasteiger partial charge on any atom is -0.497 e. The van der Waals surface area contributed by atoms with Crippen molar-refractivity contribution in [2.45, 2.75) is 13.0 Å². The van der Waals surface area contributed by atoms with E-state index in [4.69, 9.17) is 16.3 Å². The second-order valence-electron chi connectivity index (χ2n) is 5.24. The zero-order chi connectivity index (χ0) is 15.4. The van der Waals surface area contributed by atoms with Crippen LogP contribution in [0.4, 0.5) is 0 Å². The van der Waals surface area contributed by atoms with E-state index in [2.05, 4.69) is 22.4 Å². The number of rotatable bonds is 6. The first-order chi connectivity index (χ1) is 10.8. The van der Waals surface area contributed by atoms with Crippen molar-refractivity contribution in [3.63, 3.8) is 0 Å². The lowest BCUT2D eigenvalue weighted by Crippen LogP contribution is -2.16. The van der Waals surface area contributed by atoms with Gasteiger partial charge in [0.15, 0.2) is 0 Å². The van der Waals surface area contributed by atoms with Crippen LogP contribution in [0.5, 0.6) is 5.75 Å². The Kier molecular flexibility index (Phi) is 4.66. The summed E-state index contributed by atoms with van der Waals surface area (Å²) in [4.78, 5) is 3.29. The smallest absolute Gasteiger partial charge is 0.119 e. The maximum atomic E-state index is 6.17. The fourth-order valence-corrected chi connectivity index (χ4v) is 2.81. The molecular formula is C18H19ClN2O. The Morgan fingerprint density at radius 3 is 2.82 bits per heavy atom. The first kappa shape index (κ1) is 14.9. The molecule has 0 fully saturated rings. The average molecular weight is 315 g/mol. The second-order valence-corrected chi connectivity index (χ2v) is 5.65. The minimum absolute atomic E-state index is 0.817. The Bertz CT molecular complexity index is 767. The lowest BCUT2D eigenvalue weighted by molar-refractivity contribution is 0.415. The molecule has 0 saturated heterocycles. The first-order valence-corrected chi connectivity index (χ1v) is 7.74. The fourth-order valence-electron chi connectivity index (χ4n) is 2.58. The Balaban J connectivity index is 1.61. The Hall–Kier alpha value is -1.97. The number of nitrogens with one attached hydrogen (secondary N) is 2. The summed E-state index contributed by atoms with van der Waals surface area (Å²) in [6.45, 7) is 1.71. The van der Waals surface area contributed by atoms with Gasteiger partial charge in [-0.25, -0.2) is 0 Å². The van der Waals surface area contributed by atoms with Gasteiger partial charge in [-0.15, -0.1) is 0 Å². The van der Waals surface area contributed by atoms with E-state index in [1.165, 1.54) is 16.5 Å². The van der Waals surface area contributed by atoms with Gasteiger partial charge in [0.25, 0.3) is 0 Å². The van der Waals surface area contributed by atoms with Crippen molar-refractivity contribution in [1.82, 2.24) is 10.3 Å². The van der Waals surface area contributed by atoms with Crippen LogP contribution in [0, 0.1) is 0 Å². The summed E-state index contributed by atoms with van der Waals surface area (Å²) in [5, 5.41) is 5.51. The molecule has 0 amide bonds. The topological polar surface area (TPSA) is 37.0 Å². The molecule has 0 radical (unpaired) electrons. The first-order valence-electron chi connectivity index (χ1n) is 7.36. The number of hydrogen-bond acceptors (Lipinski definition) is 2. The standard InChI is InChI=1S/C18H19ClN2O/c1-22-15-6-7-18-16(10-15)14(12-21-18)11-20-9-8-13-4-2-3-5-17(13)19/h2-7,10,12,20-21H,8-9,11H2,1H3. The molecular weight excluding hydrogens is 296 g/mol. The van der Waals surface area contributed by atoms with Gasteiger partial charge in [-0.2, -0.15) is 0 Å². The summed E-state index contributed by atoms with van der Waals surface area (Å²) in [6.07, 6.45) is 2.97. The van der Waals surface area contributed by atoms with Gasteiger partial charge in [0, 0.05) is 28.7 Å². The summed E-state index contributed by atoms with van der Waals surface area (Å²) >= 11 is 6.17. The highest BCUT2D eigenvalue weighted by atomic mass is 35.5. The highest BCUT2D eigenvalue weighted by molar-refractivity contribution is 6.31. The molecule has 0 aliphatic carbocycles. The Morgan fingerprint density at radius 1 is 1.14 bits per heavy atom. The van der Waals surface area contributed by atoms with Crippen LogP contribution in [0.1, 0.15) is 11.1 Å². The van der Waals surface area contributed by atoms with E-state index in [0.717, 1.165) is 35.8 Å². The van der Waals surface area contributed by atoms with E-state index in [9.17, 15) is 0 Å². The van der Waals surface area contributed by atoms with E-state index >= 15 is 0 Å². The minimum atomic E-state index is 0.817. The van der Waals surface area contributed by atoms with Crippen LogP contribution in [-0.4, -0.2) is 18.6 Å². The monoisotopic (exact) mass is 314 g/mol. The summed E-state index contributed by atoms with van der Waals surface area (Å²) in [6, 6.07) is 14.1. The highest BCUT2D eigenvalue weighted by Crippen LogP contribution is 2.23. The van der Waals surface area contributed by atoms with Crippen molar-refractivity contribution in [1.29, 1.82) is 0 Å². The summed E-state index contributed by atoms with van der Waals surface area (Å²) < 4.78 is 5.29. The quantitative estimate of drug-likeness (QED) is 0.670. The van der Waals surface area contributed by atoms with Gasteiger partial charge in [0.2, 0.25) is 0 Å². The van der Waals surface area contributed by atoms with Crippen molar-refractivity contribution in [2.75, 3.05) is 13.7 Å². The number of aromatic nitrogens is 1. The fraction of sp³-hybridized carbons (Fsp3) is 0.222. The summed E-state index contributed by atoms with van der Waals surface area (Å²) in [7, 11) is 1.69. The Morgan fingerprint density at radius 2 is 2.00 bits per heavy atom. The van der Waals surface area contributed by atoms with E-state index in [1.807, 2.05) is 36.5 Å². The van der Waals surface area contributed by atoms with Gasteiger partial charge in [0.1, 0.15) is 5.75 Å². The number of methoxy groups -OCH3 is 1. The Labute approximate surface area is 135 Å². The van der Waals surface area contributed by atoms with Crippen molar-refractivity contribution < 1.29 is 4.74 Å². The molecule has 0 aliphatic heterocycles. The molecule has 1 heterocycles. The van der Waals surface area contributed by atoms with Crippen molar-refractivity contribution in [3.05, 3.63) is 64.8 Å². The van der Waals surface area contributed by atoms with E-state index < -0.39 is 0 Å². The number of aromatic amines is 1. The molecule has 0 spiro atoms. The van der Waals surface area contributed by atoms with Crippen LogP contribution in [0.3, 0.4) is 0 Å². The van der Waals surface area contributed by atoms with Gasteiger partial charge in [-0.05, 0) is 48.4 Å². The number of hydrogen-bond donors (Lipinski definition) is 2. The van der Waals surface area contributed by atoms with E-state index in [1.54, 1.807) is 7.11 Å². The third-order valence-electron chi connectivity index (χ3n) is 3.82. The maximum Gasteiger partial charge on any atom is 0.119 e. The molecule has 2 aromatic carbocycles. The molecule has 3 aromatic rings. The van der Waals surface area contributed by atoms with Gasteiger partial charge >= 0.3 is 0 Å². The van der Waals surface area contributed by atoms with Crippen molar-refractivity contribution in [2.24, 2.45) is 0 Å². The number of benzene rings is 2. The van der Waals surface area contributed by atoms with Crippen LogP contribution in [-0.2, 0) is 13.0 Å². The maximum absolute atomic E-state index is 6.17. The molecule has 0 unspecified atom stereocenters. The van der Waals surface area contributed by atoms with Crippen LogP contribution >= 0.6 is 11.6 Å². The highest BCUT2D eigenvalue weighted by Gasteiger charge is 2.05. The molecule has 3 nitrogen and oxygen atoms in total. The predicted octanol–water partition coefficient (Wildman–Crippen LogP) is 4.16. The lowest BCUT2D eigenvalue weighted by atomic mass is 10.1. The second kappa shape index (κ2) is 6.86. The number of halogens is 1. The van der Waals surface area contributed by atoms with Crippen molar-refractivity contribution in [3.8, 4) is 5.75 Å². The molecule has 1 aromatic heterocycles. The van der Waals surface area contributed by atoms with Crippen LogP contribution in [0.25, 0.3) is 10.9 Å². The van der Waals surface area contributed by atoms with Crippen LogP contribution in [0.2, 0.25) is 5.02 Å². The molecule has 4 heteroatoms. The average Bonchev–Trinajstić information content (AvgIpc) is 2.95. The number of H-pyrrole nitrogens is 1.